The van der Waals surface area contributed by atoms with Crippen molar-refractivity contribution in [2.75, 3.05) is 0 Å². The lowest BCUT2D eigenvalue weighted by atomic mass is 10.1. The summed E-state index contributed by atoms with van der Waals surface area (Å²) in [5.74, 6) is -0.190. The van der Waals surface area contributed by atoms with Crippen LogP contribution in [-0.2, 0) is 7.05 Å². The van der Waals surface area contributed by atoms with Crippen LogP contribution in [0.5, 0.6) is 0 Å². The number of hydrogen-bond acceptors (Lipinski definition) is 5. The van der Waals surface area contributed by atoms with Crippen LogP contribution >= 0.6 is 15.9 Å². The SMILES string of the molecule is Cn1nnc(Br)c1C(=O)c1ccnnc1. The number of aromatic nitrogens is 5. The molecule has 0 aliphatic rings. The molecule has 0 aliphatic heterocycles. The van der Waals surface area contributed by atoms with Crippen molar-refractivity contribution in [1.29, 1.82) is 0 Å². The zero-order valence-corrected chi connectivity index (χ0v) is 9.34. The average molecular weight is 268 g/mol. The molecule has 2 aromatic heterocycles. The quantitative estimate of drug-likeness (QED) is 0.745. The number of carbonyl (C=O) groups excluding carboxylic acids is 1. The van der Waals surface area contributed by atoms with E-state index in [9.17, 15) is 4.79 Å². The minimum absolute atomic E-state index is 0.190. The van der Waals surface area contributed by atoms with Gasteiger partial charge in [-0.1, -0.05) is 5.21 Å². The number of hydrogen-bond donors (Lipinski definition) is 0. The molecule has 0 fully saturated rings. The van der Waals surface area contributed by atoms with Gasteiger partial charge in [0.05, 0.1) is 12.4 Å². The molecule has 6 nitrogen and oxygen atoms in total. The highest BCUT2D eigenvalue weighted by molar-refractivity contribution is 9.10. The smallest absolute Gasteiger partial charge is 0.215 e. The molecule has 0 radical (unpaired) electrons. The van der Waals surface area contributed by atoms with Gasteiger partial charge in [0.2, 0.25) is 5.78 Å². The number of nitrogens with zero attached hydrogens (tertiary/aromatic N) is 5. The molecule has 0 aromatic carbocycles. The van der Waals surface area contributed by atoms with Gasteiger partial charge in [-0.25, -0.2) is 4.68 Å². The van der Waals surface area contributed by atoms with Gasteiger partial charge < -0.3 is 0 Å². The van der Waals surface area contributed by atoms with E-state index in [0.717, 1.165) is 0 Å². The Morgan fingerprint density at radius 1 is 1.47 bits per heavy atom. The summed E-state index contributed by atoms with van der Waals surface area (Å²) in [5.41, 5.74) is 0.846. The van der Waals surface area contributed by atoms with Crippen molar-refractivity contribution in [2.24, 2.45) is 7.05 Å². The van der Waals surface area contributed by atoms with Gasteiger partial charge >= 0.3 is 0 Å². The highest BCUT2D eigenvalue weighted by atomic mass is 79.9. The van der Waals surface area contributed by atoms with Crippen LogP contribution < -0.4 is 0 Å². The van der Waals surface area contributed by atoms with Crippen molar-refractivity contribution in [3.8, 4) is 0 Å². The Balaban J connectivity index is 2.46. The van der Waals surface area contributed by atoms with Crippen LogP contribution in [-0.4, -0.2) is 31.0 Å². The molecule has 0 saturated carbocycles. The van der Waals surface area contributed by atoms with E-state index in [1.165, 1.54) is 17.1 Å². The van der Waals surface area contributed by atoms with Gasteiger partial charge in [0, 0.05) is 12.6 Å². The Bertz CT molecular complexity index is 475. The molecule has 2 heterocycles. The van der Waals surface area contributed by atoms with Crippen LogP contribution in [0.15, 0.2) is 23.1 Å². The van der Waals surface area contributed by atoms with Gasteiger partial charge in [-0.05, 0) is 22.0 Å². The van der Waals surface area contributed by atoms with Gasteiger partial charge in [-0.2, -0.15) is 10.2 Å². The summed E-state index contributed by atoms with van der Waals surface area (Å²) in [6.45, 7) is 0. The predicted octanol–water partition coefficient (Wildman–Crippen LogP) is 0.599. The third-order valence-corrected chi connectivity index (χ3v) is 2.38. The van der Waals surface area contributed by atoms with Crippen molar-refractivity contribution in [3.63, 3.8) is 0 Å². The maximum absolute atomic E-state index is 12.0. The maximum atomic E-state index is 12.0. The number of aryl methyl sites for hydroxylation is 1. The highest BCUT2D eigenvalue weighted by Gasteiger charge is 2.18. The van der Waals surface area contributed by atoms with E-state index in [1.807, 2.05) is 0 Å². The second-order valence-electron chi connectivity index (χ2n) is 2.81. The van der Waals surface area contributed by atoms with Crippen LogP contribution in [0, 0.1) is 0 Å². The van der Waals surface area contributed by atoms with E-state index < -0.39 is 0 Å². The molecule has 0 saturated heterocycles. The molecule has 0 aliphatic carbocycles. The van der Waals surface area contributed by atoms with Gasteiger partial charge in [0.1, 0.15) is 5.69 Å². The van der Waals surface area contributed by atoms with Crippen LogP contribution in [0.2, 0.25) is 0 Å². The highest BCUT2D eigenvalue weighted by Crippen LogP contribution is 2.15. The summed E-state index contributed by atoms with van der Waals surface area (Å²) in [7, 11) is 1.65. The number of rotatable bonds is 2. The van der Waals surface area contributed by atoms with Crippen molar-refractivity contribution >= 4 is 21.7 Å². The lowest BCUT2D eigenvalue weighted by Crippen LogP contribution is -2.09. The Hall–Kier alpha value is -1.63. The Morgan fingerprint density at radius 2 is 2.27 bits per heavy atom. The van der Waals surface area contributed by atoms with Gasteiger partial charge in [0.15, 0.2) is 4.60 Å². The van der Waals surface area contributed by atoms with Gasteiger partial charge in [-0.3, -0.25) is 4.79 Å². The fraction of sp³-hybridized carbons (Fsp3) is 0.125. The summed E-state index contributed by atoms with van der Waals surface area (Å²) >= 11 is 3.16. The summed E-state index contributed by atoms with van der Waals surface area (Å²) in [6, 6.07) is 1.59. The molecular formula is C8H6BrN5O. The molecule has 0 bridgehead atoms. The summed E-state index contributed by atoms with van der Waals surface area (Å²) < 4.78 is 1.83. The molecule has 2 rings (SSSR count). The van der Waals surface area contributed by atoms with Crippen LogP contribution in [0.4, 0.5) is 0 Å². The van der Waals surface area contributed by atoms with E-state index >= 15 is 0 Å². The first-order valence-corrected chi connectivity index (χ1v) is 4.86. The molecule has 0 unspecified atom stereocenters. The van der Waals surface area contributed by atoms with Gasteiger partial charge in [0.25, 0.3) is 0 Å². The molecule has 0 amide bonds. The first-order valence-electron chi connectivity index (χ1n) is 4.06. The van der Waals surface area contributed by atoms with E-state index in [4.69, 9.17) is 0 Å². The molecule has 7 heteroatoms. The third-order valence-electron chi connectivity index (χ3n) is 1.85. The largest absolute Gasteiger partial charge is 0.287 e. The minimum Gasteiger partial charge on any atom is -0.287 e. The van der Waals surface area contributed by atoms with Crippen LogP contribution in [0.1, 0.15) is 16.1 Å². The summed E-state index contributed by atoms with van der Waals surface area (Å²) in [4.78, 5) is 12.0. The van der Waals surface area contributed by atoms with Crippen molar-refractivity contribution in [2.45, 2.75) is 0 Å². The van der Waals surface area contributed by atoms with E-state index in [1.54, 1.807) is 13.1 Å². The van der Waals surface area contributed by atoms with Crippen LogP contribution in [0.3, 0.4) is 0 Å². The predicted molar refractivity (Wildman–Crippen MR) is 54.2 cm³/mol. The Kier molecular flexibility index (Phi) is 2.55. The topological polar surface area (TPSA) is 73.6 Å². The first kappa shape index (κ1) is 9.91. The number of carbonyl (C=O) groups is 1. The lowest BCUT2D eigenvalue weighted by molar-refractivity contribution is 0.102. The fourth-order valence-electron chi connectivity index (χ4n) is 1.13. The number of halogens is 1. The standard InChI is InChI=1S/C8H6BrN5O/c1-14-6(8(9)12-13-14)7(15)5-2-3-10-11-4-5/h2-4H,1H3. The zero-order chi connectivity index (χ0) is 10.8. The average Bonchev–Trinajstić information content (AvgIpc) is 2.59. The number of ketones is 1. The van der Waals surface area contributed by atoms with Crippen molar-refractivity contribution < 1.29 is 4.79 Å². The minimum atomic E-state index is -0.190. The Labute approximate surface area is 93.5 Å². The second kappa shape index (κ2) is 3.85. The third kappa shape index (κ3) is 1.78. The van der Waals surface area contributed by atoms with E-state index in [0.29, 0.717) is 15.9 Å². The lowest BCUT2D eigenvalue weighted by Gasteiger charge is -1.99. The molecule has 0 N–H and O–H groups in total. The van der Waals surface area contributed by atoms with E-state index in [2.05, 4.69) is 36.4 Å². The maximum Gasteiger partial charge on any atom is 0.215 e. The van der Waals surface area contributed by atoms with Crippen LogP contribution in [0.25, 0.3) is 0 Å². The van der Waals surface area contributed by atoms with E-state index in [-0.39, 0.29) is 5.78 Å². The zero-order valence-electron chi connectivity index (χ0n) is 7.75. The van der Waals surface area contributed by atoms with Crippen molar-refractivity contribution in [3.05, 3.63) is 34.3 Å². The van der Waals surface area contributed by atoms with Crippen molar-refractivity contribution in [1.82, 2.24) is 25.2 Å². The summed E-state index contributed by atoms with van der Waals surface area (Å²) in [5, 5.41) is 14.7. The fourth-order valence-corrected chi connectivity index (χ4v) is 1.64. The molecule has 76 valence electrons. The molecule has 2 aromatic rings. The summed E-state index contributed by atoms with van der Waals surface area (Å²) in [6.07, 6.45) is 2.87. The molecule has 0 spiro atoms. The second-order valence-corrected chi connectivity index (χ2v) is 3.56. The Morgan fingerprint density at radius 3 is 2.80 bits per heavy atom. The van der Waals surface area contributed by atoms with Gasteiger partial charge in [-0.15, -0.1) is 5.10 Å². The normalized spacial score (nSPS) is 10.3. The first-order chi connectivity index (χ1) is 7.20. The molecule has 0 atom stereocenters. The monoisotopic (exact) mass is 267 g/mol. The molecular weight excluding hydrogens is 262 g/mol. The molecule has 15 heavy (non-hydrogen) atoms.